The minimum Gasteiger partial charge on any atom is -0.480 e. The van der Waals surface area contributed by atoms with Crippen molar-refractivity contribution in [3.63, 3.8) is 0 Å². The molecule has 1 aromatic carbocycles. The lowest BCUT2D eigenvalue weighted by atomic mass is 10.1. The fourth-order valence-corrected chi connectivity index (χ4v) is 3.16. The number of ether oxygens (including phenoxy) is 4. The molecule has 228 valence electrons. The Morgan fingerprint density at radius 3 is 1.98 bits per heavy atom. The van der Waals surface area contributed by atoms with Gasteiger partial charge in [-0.2, -0.15) is 0 Å². The standard InChI is InChI=1S/C28H41N3O10/c1-8-16-38-23(34)21(31-26(37)41-28(5,6)7)17-18-11-13-19(14-12-18)39-25(36)30-20(22(32)33)10-9-15-29-24(35)40-27(2,3)4/h8,11-14,20-21H,1,9-10,15-17H2,2-7H3,(H,29,35)(H,30,36)(H,31,37)(H,32,33)/t20?,21-/m0/s1. The summed E-state index contributed by atoms with van der Waals surface area (Å²) in [5, 5.41) is 16.7. The van der Waals surface area contributed by atoms with Gasteiger partial charge in [-0.3, -0.25) is 0 Å². The topological polar surface area (TPSA) is 179 Å². The van der Waals surface area contributed by atoms with E-state index in [0.717, 1.165) is 0 Å². The highest BCUT2D eigenvalue weighted by atomic mass is 16.6. The van der Waals surface area contributed by atoms with Crippen molar-refractivity contribution < 1.29 is 48.0 Å². The number of carbonyl (C=O) groups excluding carboxylic acids is 4. The molecule has 0 heterocycles. The molecule has 0 fully saturated rings. The van der Waals surface area contributed by atoms with Gasteiger partial charge >= 0.3 is 30.2 Å². The zero-order chi connectivity index (χ0) is 31.2. The highest BCUT2D eigenvalue weighted by Gasteiger charge is 2.26. The van der Waals surface area contributed by atoms with Crippen LogP contribution in [-0.2, 0) is 30.2 Å². The molecule has 1 rings (SSSR count). The van der Waals surface area contributed by atoms with E-state index in [2.05, 4.69) is 22.5 Å². The molecule has 0 aliphatic rings. The molecule has 0 radical (unpaired) electrons. The second-order valence-corrected chi connectivity index (χ2v) is 11.0. The van der Waals surface area contributed by atoms with E-state index in [9.17, 15) is 29.1 Å². The van der Waals surface area contributed by atoms with Crippen molar-refractivity contribution in [1.82, 2.24) is 16.0 Å². The number of aliphatic carboxylic acids is 1. The molecule has 0 aliphatic heterocycles. The number of rotatable bonds is 13. The van der Waals surface area contributed by atoms with E-state index < -0.39 is 53.5 Å². The van der Waals surface area contributed by atoms with Gasteiger partial charge in [-0.05, 0) is 72.1 Å². The molecular formula is C28H41N3O10. The van der Waals surface area contributed by atoms with Gasteiger partial charge in [0.2, 0.25) is 0 Å². The van der Waals surface area contributed by atoms with Gasteiger partial charge in [-0.15, -0.1) is 0 Å². The molecule has 0 saturated heterocycles. The van der Waals surface area contributed by atoms with E-state index in [1.54, 1.807) is 53.7 Å². The molecule has 41 heavy (non-hydrogen) atoms. The summed E-state index contributed by atoms with van der Waals surface area (Å²) in [6.07, 6.45) is -0.645. The van der Waals surface area contributed by atoms with Gasteiger partial charge in [-0.1, -0.05) is 24.8 Å². The van der Waals surface area contributed by atoms with Gasteiger partial charge < -0.3 is 40.0 Å². The van der Waals surface area contributed by atoms with Crippen molar-refractivity contribution in [2.45, 2.75) is 84.1 Å². The Morgan fingerprint density at radius 1 is 0.878 bits per heavy atom. The first-order valence-corrected chi connectivity index (χ1v) is 13.0. The maximum Gasteiger partial charge on any atom is 0.413 e. The summed E-state index contributed by atoms with van der Waals surface area (Å²) < 4.78 is 20.6. The smallest absolute Gasteiger partial charge is 0.413 e. The zero-order valence-electron chi connectivity index (χ0n) is 24.4. The van der Waals surface area contributed by atoms with Crippen LogP contribution in [0.15, 0.2) is 36.9 Å². The van der Waals surface area contributed by atoms with Crippen LogP contribution in [0.2, 0.25) is 0 Å². The normalized spacial score (nSPS) is 12.6. The summed E-state index contributed by atoms with van der Waals surface area (Å²) >= 11 is 0. The molecule has 0 aliphatic carbocycles. The number of esters is 1. The average Bonchev–Trinajstić information content (AvgIpc) is 2.82. The summed E-state index contributed by atoms with van der Waals surface area (Å²) in [4.78, 5) is 60.2. The van der Waals surface area contributed by atoms with E-state index in [1.165, 1.54) is 18.2 Å². The van der Waals surface area contributed by atoms with Crippen molar-refractivity contribution in [3.05, 3.63) is 42.5 Å². The summed E-state index contributed by atoms with van der Waals surface area (Å²) in [5.41, 5.74) is -0.821. The van der Waals surface area contributed by atoms with Gasteiger partial charge in [-0.25, -0.2) is 24.0 Å². The molecule has 2 atom stereocenters. The number of nitrogens with one attached hydrogen (secondary N) is 3. The van der Waals surface area contributed by atoms with Crippen molar-refractivity contribution in [2.24, 2.45) is 0 Å². The van der Waals surface area contributed by atoms with E-state index in [-0.39, 0.29) is 38.2 Å². The molecule has 13 heteroatoms. The molecular weight excluding hydrogens is 538 g/mol. The zero-order valence-corrected chi connectivity index (χ0v) is 24.4. The van der Waals surface area contributed by atoms with Crippen LogP contribution < -0.4 is 20.7 Å². The first-order chi connectivity index (χ1) is 19.0. The van der Waals surface area contributed by atoms with Crippen LogP contribution >= 0.6 is 0 Å². The SMILES string of the molecule is C=CCOC(=O)[C@H](Cc1ccc(OC(=O)NC(CCCNC(=O)OC(C)(C)C)C(=O)O)cc1)NC(=O)OC(C)(C)C. The number of benzene rings is 1. The van der Waals surface area contributed by atoms with E-state index in [0.29, 0.717) is 5.56 Å². The number of carboxylic acids is 1. The predicted molar refractivity (Wildman–Crippen MR) is 149 cm³/mol. The van der Waals surface area contributed by atoms with Gasteiger partial charge in [0.1, 0.15) is 35.6 Å². The number of amides is 3. The van der Waals surface area contributed by atoms with Crippen LogP contribution in [0.25, 0.3) is 0 Å². The van der Waals surface area contributed by atoms with E-state index >= 15 is 0 Å². The highest BCUT2D eigenvalue weighted by Crippen LogP contribution is 2.15. The van der Waals surface area contributed by atoms with Gasteiger partial charge in [0.15, 0.2) is 0 Å². The van der Waals surface area contributed by atoms with Crippen LogP contribution in [0.4, 0.5) is 14.4 Å². The van der Waals surface area contributed by atoms with E-state index in [4.69, 9.17) is 18.9 Å². The van der Waals surface area contributed by atoms with Crippen LogP contribution in [-0.4, -0.2) is 71.8 Å². The third-order valence-corrected chi connectivity index (χ3v) is 4.82. The van der Waals surface area contributed by atoms with Crippen LogP contribution in [0.3, 0.4) is 0 Å². The molecule has 0 saturated carbocycles. The van der Waals surface area contributed by atoms with Gasteiger partial charge in [0.25, 0.3) is 0 Å². The third-order valence-electron chi connectivity index (χ3n) is 4.82. The Morgan fingerprint density at radius 2 is 1.44 bits per heavy atom. The third kappa shape index (κ3) is 15.8. The first-order valence-electron chi connectivity index (χ1n) is 13.0. The van der Waals surface area contributed by atoms with Gasteiger partial charge in [0.05, 0.1) is 0 Å². The Hall–Kier alpha value is -4.29. The van der Waals surface area contributed by atoms with Crippen LogP contribution in [0.1, 0.15) is 59.9 Å². The lowest BCUT2D eigenvalue weighted by Gasteiger charge is -2.23. The van der Waals surface area contributed by atoms with Crippen molar-refractivity contribution in [1.29, 1.82) is 0 Å². The first kappa shape index (κ1) is 34.7. The van der Waals surface area contributed by atoms with Crippen LogP contribution in [0.5, 0.6) is 5.75 Å². The van der Waals surface area contributed by atoms with Crippen LogP contribution in [0, 0.1) is 0 Å². The van der Waals surface area contributed by atoms with Gasteiger partial charge in [0, 0.05) is 13.0 Å². The number of carboxylic acid groups (broad SMARTS) is 1. The predicted octanol–water partition coefficient (Wildman–Crippen LogP) is 3.70. The Bertz CT molecular complexity index is 1060. The summed E-state index contributed by atoms with van der Waals surface area (Å²) in [5.74, 6) is -1.83. The van der Waals surface area contributed by atoms with Crippen molar-refractivity contribution >= 4 is 30.2 Å². The minimum absolute atomic E-state index is 0.0349. The molecule has 0 aromatic heterocycles. The lowest BCUT2D eigenvalue weighted by Crippen LogP contribution is -2.45. The summed E-state index contributed by atoms with van der Waals surface area (Å²) in [6.45, 7) is 13.8. The van der Waals surface area contributed by atoms with Crippen molar-refractivity contribution in [2.75, 3.05) is 13.2 Å². The molecule has 0 bridgehead atoms. The molecule has 1 unspecified atom stereocenters. The molecule has 1 aromatic rings. The average molecular weight is 580 g/mol. The quantitative estimate of drug-likeness (QED) is 0.117. The second-order valence-electron chi connectivity index (χ2n) is 11.0. The molecule has 3 amide bonds. The number of hydrogen-bond donors (Lipinski definition) is 4. The van der Waals surface area contributed by atoms with Crippen molar-refractivity contribution in [3.8, 4) is 5.75 Å². The molecule has 13 nitrogen and oxygen atoms in total. The molecule has 4 N–H and O–H groups in total. The Labute approximate surface area is 239 Å². The number of hydrogen-bond acceptors (Lipinski definition) is 9. The number of alkyl carbamates (subject to hydrolysis) is 2. The summed E-state index contributed by atoms with van der Waals surface area (Å²) in [7, 11) is 0. The Balaban J connectivity index is 2.70. The monoisotopic (exact) mass is 579 g/mol. The minimum atomic E-state index is -1.26. The largest absolute Gasteiger partial charge is 0.480 e. The fraction of sp³-hybridized carbons (Fsp3) is 0.536. The lowest BCUT2D eigenvalue weighted by molar-refractivity contribution is -0.145. The fourth-order valence-electron chi connectivity index (χ4n) is 3.16. The van der Waals surface area contributed by atoms with E-state index in [1.807, 2.05) is 0 Å². The molecule has 0 spiro atoms. The maximum atomic E-state index is 12.5. The second kappa shape index (κ2) is 16.1. The highest BCUT2D eigenvalue weighted by molar-refractivity contribution is 5.82. The Kier molecular flexibility index (Phi) is 13.6. The number of carbonyl (C=O) groups is 5. The maximum absolute atomic E-state index is 12.5. The summed E-state index contributed by atoms with van der Waals surface area (Å²) in [6, 6.07) is 3.75.